The van der Waals surface area contributed by atoms with Crippen molar-refractivity contribution in [2.24, 2.45) is 12.8 Å². The molecule has 0 bridgehead atoms. The summed E-state index contributed by atoms with van der Waals surface area (Å²) >= 11 is 0. The summed E-state index contributed by atoms with van der Waals surface area (Å²) in [7, 11) is 1.60. The molecule has 7 nitrogen and oxygen atoms in total. The monoisotopic (exact) mass is 352 g/mol. The van der Waals surface area contributed by atoms with Crippen LogP contribution in [0.2, 0.25) is 0 Å². The van der Waals surface area contributed by atoms with Gasteiger partial charge in [0.1, 0.15) is 17.5 Å². The standard InChI is InChI=1S/C19H20N4O3/c1-10-15(16-18(26-10)21-9-23(2)19(16)25)17(24)22-14-6-4-12-7-11(8-20)3-5-13(12)14/h3,5,7,9,14H,4,6,8,20H2,1-2H3,(H,22,24). The van der Waals surface area contributed by atoms with Crippen LogP contribution in [0.15, 0.2) is 33.7 Å². The summed E-state index contributed by atoms with van der Waals surface area (Å²) in [5.41, 5.74) is 9.26. The number of rotatable bonds is 3. The topological polar surface area (TPSA) is 103 Å². The fourth-order valence-electron chi connectivity index (χ4n) is 3.64. The van der Waals surface area contributed by atoms with E-state index in [9.17, 15) is 9.59 Å². The highest BCUT2D eigenvalue weighted by atomic mass is 16.3. The van der Waals surface area contributed by atoms with Gasteiger partial charge in [0.15, 0.2) is 0 Å². The third kappa shape index (κ3) is 2.52. The number of benzene rings is 1. The molecular formula is C19H20N4O3. The SMILES string of the molecule is Cc1oc2ncn(C)c(=O)c2c1C(=O)NC1CCc2cc(CN)ccc21. The fourth-order valence-corrected chi connectivity index (χ4v) is 3.64. The quantitative estimate of drug-likeness (QED) is 0.747. The molecule has 2 aromatic heterocycles. The molecule has 1 amide bonds. The van der Waals surface area contributed by atoms with Crippen molar-refractivity contribution in [3.8, 4) is 0 Å². The smallest absolute Gasteiger partial charge is 0.265 e. The molecule has 0 aliphatic heterocycles. The predicted octanol–water partition coefficient (Wildman–Crippen LogP) is 1.71. The highest BCUT2D eigenvalue weighted by Crippen LogP contribution is 2.32. The highest BCUT2D eigenvalue weighted by molar-refractivity contribution is 6.06. The molecule has 1 aliphatic carbocycles. The van der Waals surface area contributed by atoms with E-state index in [2.05, 4.69) is 16.4 Å². The van der Waals surface area contributed by atoms with Crippen LogP contribution in [0.1, 0.15) is 45.3 Å². The third-order valence-electron chi connectivity index (χ3n) is 5.00. The second kappa shape index (κ2) is 6.10. The fraction of sp³-hybridized carbons (Fsp3) is 0.316. The lowest BCUT2D eigenvalue weighted by atomic mass is 10.0. The van der Waals surface area contributed by atoms with Gasteiger partial charge in [-0.2, -0.15) is 0 Å². The van der Waals surface area contributed by atoms with E-state index in [-0.39, 0.29) is 34.2 Å². The third-order valence-corrected chi connectivity index (χ3v) is 5.00. The number of hydrogen-bond acceptors (Lipinski definition) is 5. The summed E-state index contributed by atoms with van der Waals surface area (Å²) in [6.45, 7) is 2.17. The zero-order chi connectivity index (χ0) is 18.4. The Labute approximate surface area is 149 Å². The molecule has 4 rings (SSSR count). The van der Waals surface area contributed by atoms with E-state index < -0.39 is 0 Å². The van der Waals surface area contributed by atoms with Crippen LogP contribution in [0.5, 0.6) is 0 Å². The van der Waals surface area contributed by atoms with E-state index in [1.54, 1.807) is 14.0 Å². The van der Waals surface area contributed by atoms with Gasteiger partial charge in [0.05, 0.1) is 11.6 Å². The summed E-state index contributed by atoms with van der Waals surface area (Å²) < 4.78 is 6.86. The molecule has 1 atom stereocenters. The summed E-state index contributed by atoms with van der Waals surface area (Å²) in [6, 6.07) is 6.02. The van der Waals surface area contributed by atoms with Crippen molar-refractivity contribution in [2.45, 2.75) is 32.4 Å². The van der Waals surface area contributed by atoms with Gasteiger partial charge in [-0.3, -0.25) is 9.59 Å². The Morgan fingerprint density at radius 2 is 2.27 bits per heavy atom. The van der Waals surface area contributed by atoms with Crippen LogP contribution in [-0.2, 0) is 20.0 Å². The van der Waals surface area contributed by atoms with Gasteiger partial charge in [-0.05, 0) is 36.5 Å². The molecule has 1 aromatic carbocycles. The van der Waals surface area contributed by atoms with Crippen molar-refractivity contribution in [1.29, 1.82) is 0 Å². The Morgan fingerprint density at radius 1 is 1.46 bits per heavy atom. The van der Waals surface area contributed by atoms with Crippen LogP contribution >= 0.6 is 0 Å². The van der Waals surface area contributed by atoms with Crippen molar-refractivity contribution in [2.75, 3.05) is 0 Å². The summed E-state index contributed by atoms with van der Waals surface area (Å²) in [6.07, 6.45) is 3.10. The molecule has 3 aromatic rings. The minimum Gasteiger partial charge on any atom is -0.442 e. The molecule has 0 spiro atoms. The van der Waals surface area contributed by atoms with E-state index in [4.69, 9.17) is 10.2 Å². The lowest BCUT2D eigenvalue weighted by molar-refractivity contribution is 0.0936. The van der Waals surface area contributed by atoms with E-state index in [0.29, 0.717) is 12.3 Å². The van der Waals surface area contributed by atoms with Gasteiger partial charge < -0.3 is 20.0 Å². The molecule has 0 saturated heterocycles. The number of hydrogen-bond donors (Lipinski definition) is 2. The number of amides is 1. The number of nitrogens with two attached hydrogens (primary N) is 1. The summed E-state index contributed by atoms with van der Waals surface area (Å²) in [5, 5.41) is 3.27. The number of nitrogens with zero attached hydrogens (tertiary/aromatic N) is 2. The number of furan rings is 1. The number of aromatic nitrogens is 2. The van der Waals surface area contributed by atoms with Crippen LogP contribution in [0.3, 0.4) is 0 Å². The first-order valence-electron chi connectivity index (χ1n) is 8.57. The molecule has 26 heavy (non-hydrogen) atoms. The molecule has 3 N–H and O–H groups in total. The van der Waals surface area contributed by atoms with Gasteiger partial charge in [0, 0.05) is 13.6 Å². The first kappa shape index (κ1) is 16.5. The predicted molar refractivity (Wildman–Crippen MR) is 96.8 cm³/mol. The second-order valence-electron chi connectivity index (χ2n) is 6.68. The van der Waals surface area contributed by atoms with Gasteiger partial charge in [-0.15, -0.1) is 0 Å². The molecule has 0 radical (unpaired) electrons. The average molecular weight is 352 g/mol. The van der Waals surface area contributed by atoms with Crippen LogP contribution < -0.4 is 16.6 Å². The van der Waals surface area contributed by atoms with Gasteiger partial charge in [0.25, 0.3) is 11.5 Å². The first-order valence-corrected chi connectivity index (χ1v) is 8.57. The first-order chi connectivity index (χ1) is 12.5. The summed E-state index contributed by atoms with van der Waals surface area (Å²) in [5.74, 6) is 0.0806. The largest absolute Gasteiger partial charge is 0.442 e. The zero-order valence-electron chi connectivity index (χ0n) is 14.7. The Bertz CT molecular complexity index is 1080. The molecular weight excluding hydrogens is 332 g/mol. The zero-order valence-corrected chi connectivity index (χ0v) is 14.7. The van der Waals surface area contributed by atoms with Gasteiger partial charge in [-0.1, -0.05) is 18.2 Å². The van der Waals surface area contributed by atoms with E-state index in [0.717, 1.165) is 24.0 Å². The van der Waals surface area contributed by atoms with Crippen molar-refractivity contribution in [3.05, 3.63) is 62.9 Å². The molecule has 1 unspecified atom stereocenters. The van der Waals surface area contributed by atoms with Gasteiger partial charge in [-0.25, -0.2) is 4.98 Å². The Morgan fingerprint density at radius 3 is 3.04 bits per heavy atom. The second-order valence-corrected chi connectivity index (χ2v) is 6.68. The maximum Gasteiger partial charge on any atom is 0.265 e. The van der Waals surface area contributed by atoms with E-state index >= 15 is 0 Å². The van der Waals surface area contributed by atoms with Crippen molar-refractivity contribution < 1.29 is 9.21 Å². The highest BCUT2D eigenvalue weighted by Gasteiger charge is 2.28. The number of nitrogens with one attached hydrogen (secondary N) is 1. The minimum atomic E-state index is -0.313. The number of carbonyl (C=O) groups is 1. The molecule has 0 saturated carbocycles. The molecule has 0 fully saturated rings. The number of carbonyl (C=O) groups excluding carboxylic acids is 1. The number of fused-ring (bicyclic) bond motifs is 2. The Hall–Kier alpha value is -2.93. The Balaban J connectivity index is 1.69. The van der Waals surface area contributed by atoms with Crippen LogP contribution in [0.4, 0.5) is 0 Å². The normalized spacial score (nSPS) is 16.0. The van der Waals surface area contributed by atoms with E-state index in [1.807, 2.05) is 12.1 Å². The minimum absolute atomic E-state index is 0.0887. The molecule has 2 heterocycles. The van der Waals surface area contributed by atoms with Gasteiger partial charge >= 0.3 is 0 Å². The van der Waals surface area contributed by atoms with E-state index in [1.165, 1.54) is 16.5 Å². The van der Waals surface area contributed by atoms with Crippen molar-refractivity contribution >= 4 is 17.0 Å². The molecule has 134 valence electrons. The lowest BCUT2D eigenvalue weighted by Crippen LogP contribution is -2.29. The van der Waals surface area contributed by atoms with Gasteiger partial charge in [0.2, 0.25) is 5.71 Å². The maximum absolute atomic E-state index is 12.9. The summed E-state index contributed by atoms with van der Waals surface area (Å²) in [4.78, 5) is 29.5. The average Bonchev–Trinajstić information content (AvgIpc) is 3.18. The maximum atomic E-state index is 12.9. The van der Waals surface area contributed by atoms with Crippen LogP contribution in [0, 0.1) is 6.92 Å². The van der Waals surface area contributed by atoms with Crippen LogP contribution in [-0.4, -0.2) is 15.5 Å². The molecule has 1 aliphatic rings. The van der Waals surface area contributed by atoms with Crippen molar-refractivity contribution in [3.63, 3.8) is 0 Å². The van der Waals surface area contributed by atoms with Crippen molar-refractivity contribution in [1.82, 2.24) is 14.9 Å². The molecule has 7 heteroatoms. The lowest BCUT2D eigenvalue weighted by Gasteiger charge is -2.14. The number of aryl methyl sites for hydroxylation is 3. The van der Waals surface area contributed by atoms with Crippen LogP contribution in [0.25, 0.3) is 11.1 Å². The Kier molecular flexibility index (Phi) is 3.88.